The summed E-state index contributed by atoms with van der Waals surface area (Å²) < 4.78 is 38.6. The molecule has 2 nitrogen and oxygen atoms in total. The Kier molecular flexibility index (Phi) is 4.66. The first-order valence-electron chi connectivity index (χ1n) is 9.51. The van der Waals surface area contributed by atoms with E-state index < -0.39 is 18.3 Å². The lowest BCUT2D eigenvalue weighted by Crippen LogP contribution is -2.47. The molecule has 4 rings (SSSR count). The fraction of sp³-hybridized carbons (Fsp3) is 0.250. The number of hydrogen-bond donors (Lipinski definition) is 2. The van der Waals surface area contributed by atoms with Crippen molar-refractivity contribution in [1.29, 1.82) is 0 Å². The number of nitrogens with one attached hydrogen (secondary N) is 1. The molecule has 5 heteroatoms. The van der Waals surface area contributed by atoms with Gasteiger partial charge in [0.15, 0.2) is 5.60 Å². The van der Waals surface area contributed by atoms with E-state index in [0.29, 0.717) is 5.69 Å². The first kappa shape index (κ1) is 19.5. The zero-order chi connectivity index (χ0) is 20.8. The Hall–Kier alpha value is -2.79. The monoisotopic (exact) mass is 397 g/mol. The Morgan fingerprint density at radius 1 is 0.931 bits per heavy atom. The van der Waals surface area contributed by atoms with Crippen LogP contribution in [0.15, 0.2) is 60.7 Å². The Labute approximate surface area is 168 Å². The number of aryl methyl sites for hydroxylation is 1. The Balaban J connectivity index is 1.62. The normalized spacial score (nSPS) is 14.8. The minimum absolute atomic E-state index is 0.578. The molecule has 0 aromatic heterocycles. The van der Waals surface area contributed by atoms with Gasteiger partial charge in [-0.05, 0) is 71.3 Å². The summed E-state index contributed by atoms with van der Waals surface area (Å²) in [5.74, 6) is 0. The largest absolute Gasteiger partial charge is 0.418 e. The van der Waals surface area contributed by atoms with E-state index in [2.05, 4.69) is 29.6 Å². The summed E-state index contributed by atoms with van der Waals surface area (Å²) in [5, 5.41) is 12.4. The second-order valence-electron chi connectivity index (χ2n) is 7.82. The molecule has 1 atom stereocenters. The van der Waals surface area contributed by atoms with E-state index in [1.165, 1.54) is 22.3 Å². The van der Waals surface area contributed by atoms with Gasteiger partial charge in [0, 0.05) is 5.69 Å². The highest BCUT2D eigenvalue weighted by Gasteiger charge is 2.49. The Bertz CT molecular complexity index is 1070. The summed E-state index contributed by atoms with van der Waals surface area (Å²) in [6, 6.07) is 20.3. The smallest absolute Gasteiger partial charge is 0.382 e. The lowest BCUT2D eigenvalue weighted by molar-refractivity contribution is -0.246. The van der Waals surface area contributed by atoms with E-state index in [1.807, 2.05) is 37.3 Å². The van der Waals surface area contributed by atoms with Crippen LogP contribution in [0.4, 0.5) is 18.9 Å². The molecule has 3 aromatic rings. The van der Waals surface area contributed by atoms with E-state index in [1.54, 1.807) is 6.07 Å². The third kappa shape index (κ3) is 3.51. The SMILES string of the molecule is Cc1cc(-c2cccc3c2Cc2ccccc2-3)ccc1NCC(C)(O)C(F)(F)F. The quantitative estimate of drug-likeness (QED) is 0.445. The zero-order valence-corrected chi connectivity index (χ0v) is 16.3. The van der Waals surface area contributed by atoms with Crippen molar-refractivity contribution in [2.75, 3.05) is 11.9 Å². The number of anilines is 1. The van der Waals surface area contributed by atoms with E-state index in [0.717, 1.165) is 30.0 Å². The third-order valence-corrected chi connectivity index (χ3v) is 5.62. The Morgan fingerprint density at radius 3 is 2.34 bits per heavy atom. The van der Waals surface area contributed by atoms with Gasteiger partial charge in [-0.1, -0.05) is 48.5 Å². The van der Waals surface area contributed by atoms with Crippen molar-refractivity contribution >= 4 is 5.69 Å². The number of aliphatic hydroxyl groups is 1. The molecule has 3 aromatic carbocycles. The van der Waals surface area contributed by atoms with Crippen LogP contribution in [0.25, 0.3) is 22.3 Å². The molecule has 0 bridgehead atoms. The number of alkyl halides is 3. The van der Waals surface area contributed by atoms with Crippen molar-refractivity contribution in [3.05, 3.63) is 77.4 Å². The average molecular weight is 397 g/mol. The molecule has 0 saturated carbocycles. The van der Waals surface area contributed by atoms with Gasteiger partial charge in [0.05, 0.1) is 6.54 Å². The summed E-state index contributed by atoms with van der Waals surface area (Å²) in [4.78, 5) is 0. The summed E-state index contributed by atoms with van der Waals surface area (Å²) >= 11 is 0. The van der Waals surface area contributed by atoms with Gasteiger partial charge in [-0.15, -0.1) is 0 Å². The third-order valence-electron chi connectivity index (χ3n) is 5.62. The highest BCUT2D eigenvalue weighted by molar-refractivity contribution is 5.85. The minimum atomic E-state index is -4.69. The van der Waals surface area contributed by atoms with Crippen molar-refractivity contribution in [1.82, 2.24) is 0 Å². The molecule has 0 fully saturated rings. The van der Waals surface area contributed by atoms with Gasteiger partial charge in [-0.25, -0.2) is 0 Å². The predicted molar refractivity (Wildman–Crippen MR) is 110 cm³/mol. The van der Waals surface area contributed by atoms with Crippen LogP contribution >= 0.6 is 0 Å². The van der Waals surface area contributed by atoms with E-state index >= 15 is 0 Å². The van der Waals surface area contributed by atoms with Gasteiger partial charge in [0.1, 0.15) is 0 Å². The predicted octanol–water partition coefficient (Wildman–Crippen LogP) is 5.96. The molecule has 1 aliphatic rings. The van der Waals surface area contributed by atoms with Gasteiger partial charge in [0.25, 0.3) is 0 Å². The van der Waals surface area contributed by atoms with E-state index in [-0.39, 0.29) is 0 Å². The molecular formula is C24H22F3NO. The lowest BCUT2D eigenvalue weighted by atomic mass is 9.94. The van der Waals surface area contributed by atoms with Gasteiger partial charge in [-0.2, -0.15) is 13.2 Å². The zero-order valence-electron chi connectivity index (χ0n) is 16.3. The standard InChI is InChI=1S/C24H22F3NO/c1-15-12-17(10-11-22(15)28-14-23(2,29)24(25,26)27)19-8-5-9-20-18-7-4-3-6-16(18)13-21(19)20/h3-12,28-29H,13-14H2,1-2H3. The van der Waals surface area contributed by atoms with Crippen LogP contribution in [-0.2, 0) is 6.42 Å². The van der Waals surface area contributed by atoms with Gasteiger partial charge >= 0.3 is 6.18 Å². The van der Waals surface area contributed by atoms with Crippen molar-refractivity contribution in [2.24, 2.45) is 0 Å². The summed E-state index contributed by atoms with van der Waals surface area (Å²) in [6.45, 7) is 2.02. The van der Waals surface area contributed by atoms with E-state index in [4.69, 9.17) is 0 Å². The van der Waals surface area contributed by atoms with Crippen LogP contribution in [-0.4, -0.2) is 23.4 Å². The molecule has 0 amide bonds. The topological polar surface area (TPSA) is 32.3 Å². The van der Waals surface area contributed by atoms with Crippen LogP contribution < -0.4 is 5.32 Å². The van der Waals surface area contributed by atoms with Crippen molar-refractivity contribution in [3.8, 4) is 22.3 Å². The molecule has 0 heterocycles. The second-order valence-corrected chi connectivity index (χ2v) is 7.82. The fourth-order valence-corrected chi connectivity index (χ4v) is 3.82. The maximum absolute atomic E-state index is 12.9. The van der Waals surface area contributed by atoms with Crippen LogP contribution in [0.1, 0.15) is 23.6 Å². The molecular weight excluding hydrogens is 375 g/mol. The minimum Gasteiger partial charge on any atom is -0.382 e. The number of benzene rings is 3. The molecule has 150 valence electrons. The summed E-state index contributed by atoms with van der Waals surface area (Å²) in [5.41, 5.74) is 5.85. The van der Waals surface area contributed by atoms with Gasteiger partial charge < -0.3 is 10.4 Å². The van der Waals surface area contributed by atoms with Gasteiger partial charge in [-0.3, -0.25) is 0 Å². The molecule has 0 saturated heterocycles. The highest BCUT2D eigenvalue weighted by Crippen LogP contribution is 2.42. The van der Waals surface area contributed by atoms with Crippen LogP contribution in [0, 0.1) is 6.92 Å². The first-order valence-corrected chi connectivity index (χ1v) is 9.51. The fourth-order valence-electron chi connectivity index (χ4n) is 3.82. The number of rotatable bonds is 4. The summed E-state index contributed by atoms with van der Waals surface area (Å²) in [7, 11) is 0. The lowest BCUT2D eigenvalue weighted by Gasteiger charge is -2.27. The molecule has 1 aliphatic carbocycles. The maximum atomic E-state index is 12.9. The van der Waals surface area contributed by atoms with Crippen molar-refractivity contribution in [2.45, 2.75) is 32.0 Å². The summed E-state index contributed by atoms with van der Waals surface area (Å²) in [6.07, 6.45) is -3.82. The number of fused-ring (bicyclic) bond motifs is 3. The average Bonchev–Trinajstić information content (AvgIpc) is 3.05. The van der Waals surface area contributed by atoms with Crippen LogP contribution in [0.2, 0.25) is 0 Å². The molecule has 2 N–H and O–H groups in total. The molecule has 0 radical (unpaired) electrons. The number of halogens is 3. The number of hydrogen-bond acceptors (Lipinski definition) is 2. The second kappa shape index (κ2) is 6.92. The van der Waals surface area contributed by atoms with Crippen LogP contribution in [0.5, 0.6) is 0 Å². The van der Waals surface area contributed by atoms with Gasteiger partial charge in [0.2, 0.25) is 0 Å². The molecule has 1 unspecified atom stereocenters. The van der Waals surface area contributed by atoms with Crippen LogP contribution in [0.3, 0.4) is 0 Å². The molecule has 29 heavy (non-hydrogen) atoms. The van der Waals surface area contributed by atoms with Crippen molar-refractivity contribution in [3.63, 3.8) is 0 Å². The Morgan fingerprint density at radius 2 is 1.62 bits per heavy atom. The maximum Gasteiger partial charge on any atom is 0.418 e. The molecule has 0 aliphatic heterocycles. The van der Waals surface area contributed by atoms with Crippen molar-refractivity contribution < 1.29 is 18.3 Å². The first-order chi connectivity index (χ1) is 13.7. The highest BCUT2D eigenvalue weighted by atomic mass is 19.4. The van der Waals surface area contributed by atoms with E-state index in [9.17, 15) is 18.3 Å². The molecule has 0 spiro atoms.